The SMILES string of the molecule is Oc1ssc2cc3cccc3cc12. The molecular formula is C10H6OS2. The number of hydrogen-bond acceptors (Lipinski definition) is 3. The van der Waals surface area contributed by atoms with Gasteiger partial charge in [-0.15, -0.1) is 0 Å². The van der Waals surface area contributed by atoms with Crippen LogP contribution < -0.4 is 0 Å². The van der Waals surface area contributed by atoms with Crippen molar-refractivity contribution in [3.8, 4) is 5.06 Å². The van der Waals surface area contributed by atoms with Gasteiger partial charge in [-0.05, 0) is 33.2 Å². The molecule has 3 rings (SSSR count). The Hall–Kier alpha value is -1.06. The van der Waals surface area contributed by atoms with Crippen LogP contribution in [0.25, 0.3) is 20.9 Å². The summed E-state index contributed by atoms with van der Waals surface area (Å²) in [6.45, 7) is 0. The van der Waals surface area contributed by atoms with Crippen molar-refractivity contribution in [3.05, 3.63) is 30.3 Å². The summed E-state index contributed by atoms with van der Waals surface area (Å²) in [5.74, 6) is 0. The van der Waals surface area contributed by atoms with E-state index in [1.54, 1.807) is 10.3 Å². The highest BCUT2D eigenvalue weighted by Crippen LogP contribution is 2.39. The molecule has 1 N–H and O–H groups in total. The molecule has 0 saturated carbocycles. The zero-order valence-electron chi connectivity index (χ0n) is 6.65. The average Bonchev–Trinajstić information content (AvgIpc) is 2.70. The van der Waals surface area contributed by atoms with Crippen molar-refractivity contribution in [3.63, 3.8) is 0 Å². The lowest BCUT2D eigenvalue weighted by Crippen LogP contribution is -1.64. The fourth-order valence-corrected chi connectivity index (χ4v) is 3.62. The van der Waals surface area contributed by atoms with Crippen molar-refractivity contribution in [2.75, 3.05) is 0 Å². The summed E-state index contributed by atoms with van der Waals surface area (Å²) >= 11 is 0. The number of aromatic hydroxyl groups is 1. The monoisotopic (exact) mass is 206 g/mol. The van der Waals surface area contributed by atoms with E-state index in [9.17, 15) is 5.11 Å². The summed E-state index contributed by atoms with van der Waals surface area (Å²) in [5, 5.41) is 13.4. The van der Waals surface area contributed by atoms with Gasteiger partial charge in [0.25, 0.3) is 0 Å². The summed E-state index contributed by atoms with van der Waals surface area (Å²) < 4.78 is 1.17. The Kier molecular flexibility index (Phi) is 1.39. The van der Waals surface area contributed by atoms with Crippen LogP contribution in [0.2, 0.25) is 0 Å². The first-order chi connectivity index (χ1) is 6.34. The van der Waals surface area contributed by atoms with E-state index in [0.717, 1.165) is 5.39 Å². The minimum Gasteiger partial charge on any atom is -0.498 e. The highest BCUT2D eigenvalue weighted by molar-refractivity contribution is 7.73. The van der Waals surface area contributed by atoms with Gasteiger partial charge in [-0.3, -0.25) is 0 Å². The van der Waals surface area contributed by atoms with Gasteiger partial charge in [0.2, 0.25) is 0 Å². The summed E-state index contributed by atoms with van der Waals surface area (Å²) in [7, 11) is 3.05. The van der Waals surface area contributed by atoms with E-state index in [1.165, 1.54) is 25.8 Å². The fraction of sp³-hybridized carbons (Fsp3) is 0. The lowest BCUT2D eigenvalue weighted by Gasteiger charge is -1.91. The first-order valence-corrected chi connectivity index (χ1v) is 6.10. The van der Waals surface area contributed by atoms with E-state index in [2.05, 4.69) is 18.2 Å². The highest BCUT2D eigenvalue weighted by atomic mass is 32.9. The molecule has 1 aromatic heterocycles. The lowest BCUT2D eigenvalue weighted by atomic mass is 10.2. The van der Waals surface area contributed by atoms with Gasteiger partial charge in [0.05, 0.1) is 4.70 Å². The molecule has 0 aliphatic rings. The average molecular weight is 206 g/mol. The van der Waals surface area contributed by atoms with Gasteiger partial charge in [0, 0.05) is 5.39 Å². The Labute approximate surface area is 82.2 Å². The van der Waals surface area contributed by atoms with Crippen molar-refractivity contribution < 1.29 is 5.11 Å². The van der Waals surface area contributed by atoms with Gasteiger partial charge in [0.1, 0.15) is 0 Å². The van der Waals surface area contributed by atoms with Crippen LogP contribution in [0.4, 0.5) is 0 Å². The molecule has 2 aromatic carbocycles. The molecule has 64 valence electrons. The van der Waals surface area contributed by atoms with Crippen LogP contribution in [-0.4, -0.2) is 5.11 Å². The fourth-order valence-electron chi connectivity index (χ4n) is 1.52. The van der Waals surface area contributed by atoms with Gasteiger partial charge in [-0.25, -0.2) is 0 Å². The molecule has 0 amide bonds. The van der Waals surface area contributed by atoms with Crippen molar-refractivity contribution in [2.24, 2.45) is 0 Å². The van der Waals surface area contributed by atoms with Crippen molar-refractivity contribution >= 4 is 41.5 Å². The van der Waals surface area contributed by atoms with E-state index < -0.39 is 0 Å². The van der Waals surface area contributed by atoms with E-state index in [1.807, 2.05) is 12.1 Å². The molecule has 0 radical (unpaired) electrons. The molecule has 0 fully saturated rings. The first kappa shape index (κ1) is 7.35. The number of benzene rings is 1. The third kappa shape index (κ3) is 0.975. The van der Waals surface area contributed by atoms with E-state index >= 15 is 0 Å². The number of fused-ring (bicyclic) bond motifs is 2. The molecule has 0 spiro atoms. The Morgan fingerprint density at radius 3 is 2.62 bits per heavy atom. The third-order valence-corrected chi connectivity index (χ3v) is 4.42. The summed E-state index contributed by atoms with van der Waals surface area (Å²) in [4.78, 5) is 0. The van der Waals surface area contributed by atoms with E-state index in [0.29, 0.717) is 5.06 Å². The quantitative estimate of drug-likeness (QED) is 0.554. The first-order valence-electron chi connectivity index (χ1n) is 3.95. The van der Waals surface area contributed by atoms with Gasteiger partial charge in [-0.1, -0.05) is 28.5 Å². The molecule has 0 bridgehead atoms. The molecule has 13 heavy (non-hydrogen) atoms. The molecule has 1 heterocycles. The van der Waals surface area contributed by atoms with Crippen molar-refractivity contribution in [1.29, 1.82) is 0 Å². The smallest absolute Gasteiger partial charge is 0.190 e. The van der Waals surface area contributed by atoms with Crippen LogP contribution in [0.15, 0.2) is 30.3 Å². The standard InChI is InChI=1S/C10H6OS2/c11-10-8-4-6-2-1-3-7(6)5-9(8)12-13-10/h1-5,11H. The maximum atomic E-state index is 9.54. The zero-order valence-corrected chi connectivity index (χ0v) is 8.28. The Balaban J connectivity index is 2.59. The van der Waals surface area contributed by atoms with Gasteiger partial charge < -0.3 is 5.11 Å². The predicted octanol–water partition coefficient (Wildman–Crippen LogP) is 3.82. The van der Waals surface area contributed by atoms with Crippen LogP contribution >= 0.6 is 20.7 Å². The zero-order chi connectivity index (χ0) is 8.84. The number of rotatable bonds is 0. The van der Waals surface area contributed by atoms with Crippen LogP contribution in [-0.2, 0) is 0 Å². The van der Waals surface area contributed by atoms with Gasteiger partial charge in [-0.2, -0.15) is 0 Å². The van der Waals surface area contributed by atoms with Crippen LogP contribution in [0, 0.1) is 0 Å². The second kappa shape index (κ2) is 2.47. The van der Waals surface area contributed by atoms with E-state index in [-0.39, 0.29) is 0 Å². The molecular weight excluding hydrogens is 200 g/mol. The van der Waals surface area contributed by atoms with Crippen LogP contribution in [0.1, 0.15) is 0 Å². The molecule has 1 nitrogen and oxygen atoms in total. The van der Waals surface area contributed by atoms with Crippen LogP contribution in [0.5, 0.6) is 5.06 Å². The summed E-state index contributed by atoms with van der Waals surface area (Å²) in [6.07, 6.45) is 0. The van der Waals surface area contributed by atoms with Crippen molar-refractivity contribution in [1.82, 2.24) is 0 Å². The van der Waals surface area contributed by atoms with Gasteiger partial charge in [0.15, 0.2) is 5.06 Å². The molecule has 0 aliphatic carbocycles. The molecule has 3 aromatic rings. The largest absolute Gasteiger partial charge is 0.498 e. The Bertz CT molecular complexity index is 577. The molecule has 0 atom stereocenters. The van der Waals surface area contributed by atoms with E-state index in [4.69, 9.17) is 0 Å². The summed E-state index contributed by atoms with van der Waals surface area (Å²) in [5.41, 5.74) is 0. The highest BCUT2D eigenvalue weighted by Gasteiger charge is 2.04. The van der Waals surface area contributed by atoms with Gasteiger partial charge >= 0.3 is 0 Å². The number of hydrogen-bond donors (Lipinski definition) is 1. The second-order valence-corrected chi connectivity index (χ2v) is 5.13. The molecule has 0 aliphatic heterocycles. The predicted molar refractivity (Wildman–Crippen MR) is 58.9 cm³/mol. The minimum absolute atomic E-state index is 0.433. The lowest BCUT2D eigenvalue weighted by molar-refractivity contribution is 0.496. The Morgan fingerprint density at radius 2 is 1.77 bits per heavy atom. The minimum atomic E-state index is 0.433. The summed E-state index contributed by atoms with van der Waals surface area (Å²) in [6, 6.07) is 10.4. The molecule has 0 unspecified atom stereocenters. The molecule has 3 heteroatoms. The second-order valence-electron chi connectivity index (χ2n) is 2.97. The normalized spacial score (nSPS) is 11.4. The molecule has 0 saturated heterocycles. The third-order valence-electron chi connectivity index (χ3n) is 2.18. The van der Waals surface area contributed by atoms with Crippen molar-refractivity contribution in [2.45, 2.75) is 0 Å². The topological polar surface area (TPSA) is 20.2 Å². The maximum absolute atomic E-state index is 9.54. The Morgan fingerprint density at radius 1 is 1.00 bits per heavy atom. The maximum Gasteiger partial charge on any atom is 0.190 e. The van der Waals surface area contributed by atoms with Crippen LogP contribution in [0.3, 0.4) is 0 Å².